The third-order valence-corrected chi connectivity index (χ3v) is 5.98. The Kier molecular flexibility index (Phi) is 7.00. The molecule has 10 heteroatoms. The van der Waals surface area contributed by atoms with Crippen LogP contribution in [0.4, 0.5) is 22.9 Å². The number of nitrogens with one attached hydrogen (secondary N) is 2. The minimum atomic E-state index is -0.727. The Morgan fingerprint density at radius 2 is 1.80 bits per heavy atom. The number of para-hydroxylation sites is 2. The Balaban J connectivity index is 1.58. The molecule has 2 amide bonds. The molecule has 2 aromatic carbocycles. The second kappa shape index (κ2) is 10.3. The van der Waals surface area contributed by atoms with E-state index in [9.17, 15) is 19.2 Å². The molecule has 0 unspecified atom stereocenters. The summed E-state index contributed by atoms with van der Waals surface area (Å²) in [5, 5.41) is 3.09. The summed E-state index contributed by atoms with van der Waals surface area (Å²) in [6.07, 6.45) is 1.29. The summed E-state index contributed by atoms with van der Waals surface area (Å²) in [7, 11) is 0. The number of hydrogen-bond acceptors (Lipinski definition) is 6. The van der Waals surface area contributed by atoms with Crippen molar-refractivity contribution in [2.45, 2.75) is 26.3 Å². The molecule has 1 aromatic heterocycles. The Bertz CT molecular complexity index is 1350. The van der Waals surface area contributed by atoms with E-state index in [1.165, 1.54) is 9.47 Å². The fourth-order valence-electron chi connectivity index (χ4n) is 4.25. The average molecular weight is 477 g/mol. The first-order valence-corrected chi connectivity index (χ1v) is 11.5. The van der Waals surface area contributed by atoms with Gasteiger partial charge in [-0.05, 0) is 31.0 Å². The molecular weight excluding hydrogens is 448 g/mol. The third-order valence-electron chi connectivity index (χ3n) is 5.98. The maximum atomic E-state index is 13.2. The van der Waals surface area contributed by atoms with Crippen molar-refractivity contribution in [2.75, 3.05) is 40.5 Å². The highest BCUT2D eigenvalue weighted by atomic mass is 16.2. The van der Waals surface area contributed by atoms with Crippen molar-refractivity contribution in [3.8, 4) is 0 Å². The number of nitrogens with two attached hydrogens (primary N) is 1. The lowest BCUT2D eigenvalue weighted by Crippen LogP contribution is -2.43. The number of likely N-dealkylation sites (N-methyl/N-ethyl adjacent to an activating group) is 1. The van der Waals surface area contributed by atoms with Crippen LogP contribution >= 0.6 is 0 Å². The van der Waals surface area contributed by atoms with E-state index >= 15 is 0 Å². The number of carbonyl (C=O) groups is 2. The third kappa shape index (κ3) is 4.96. The number of nitrogen functional groups attached to an aromatic ring is 1. The van der Waals surface area contributed by atoms with Gasteiger partial charge >= 0.3 is 5.69 Å². The van der Waals surface area contributed by atoms with Gasteiger partial charge in [0.05, 0.1) is 24.5 Å². The highest BCUT2D eigenvalue weighted by molar-refractivity contribution is 6.00. The zero-order chi connectivity index (χ0) is 24.9. The SMILES string of the molecule is CCN(C(=O)CNc1ccccc1N1CCCC1=O)c1c(N)n(Cc2ccccc2)c(=O)[nH]c1=O. The standard InChI is InChI=1S/C25H28N6O4/c1-2-29(21(33)15-27-18-11-6-7-12-19(18)30-14-8-13-20(30)32)22-23(26)31(25(35)28-24(22)34)16-17-9-4-3-5-10-17/h3-7,9-12,27H,2,8,13-16,26H2,1H3,(H,28,34,35). The molecule has 0 radical (unpaired) electrons. The second-order valence-electron chi connectivity index (χ2n) is 8.22. The van der Waals surface area contributed by atoms with Crippen molar-refractivity contribution in [3.63, 3.8) is 0 Å². The van der Waals surface area contributed by atoms with E-state index < -0.39 is 17.2 Å². The second-order valence-corrected chi connectivity index (χ2v) is 8.22. The normalized spacial score (nSPS) is 13.2. The number of carbonyl (C=O) groups excluding carboxylic acids is 2. The first-order valence-electron chi connectivity index (χ1n) is 11.5. The number of H-pyrrole nitrogens is 1. The molecule has 4 rings (SSSR count). The van der Waals surface area contributed by atoms with Crippen molar-refractivity contribution in [3.05, 3.63) is 81.0 Å². The lowest BCUT2D eigenvalue weighted by atomic mass is 10.2. The quantitative estimate of drug-likeness (QED) is 0.454. The first kappa shape index (κ1) is 23.8. The Labute approximate surface area is 202 Å². The number of amides is 2. The van der Waals surface area contributed by atoms with Gasteiger partial charge in [0.2, 0.25) is 11.8 Å². The summed E-state index contributed by atoms with van der Waals surface area (Å²) in [6, 6.07) is 16.5. The summed E-state index contributed by atoms with van der Waals surface area (Å²) in [4.78, 5) is 55.8. The van der Waals surface area contributed by atoms with Crippen LogP contribution < -0.4 is 32.1 Å². The average Bonchev–Trinajstić information content (AvgIpc) is 3.29. The number of aromatic nitrogens is 2. The van der Waals surface area contributed by atoms with Gasteiger partial charge in [-0.2, -0.15) is 0 Å². The van der Waals surface area contributed by atoms with Crippen LogP contribution in [0.25, 0.3) is 0 Å². The fourth-order valence-corrected chi connectivity index (χ4v) is 4.25. The van der Waals surface area contributed by atoms with Gasteiger partial charge in [-0.3, -0.25) is 23.9 Å². The van der Waals surface area contributed by atoms with Gasteiger partial charge in [0.15, 0.2) is 5.69 Å². The van der Waals surface area contributed by atoms with Crippen molar-refractivity contribution in [1.29, 1.82) is 0 Å². The van der Waals surface area contributed by atoms with Crippen LogP contribution in [0.5, 0.6) is 0 Å². The zero-order valence-corrected chi connectivity index (χ0v) is 19.5. The molecule has 0 saturated carbocycles. The van der Waals surface area contributed by atoms with Crippen LogP contribution in [0, 0.1) is 0 Å². The topological polar surface area (TPSA) is 134 Å². The monoisotopic (exact) mass is 476 g/mol. The predicted octanol–water partition coefficient (Wildman–Crippen LogP) is 1.76. The fraction of sp³-hybridized carbons (Fsp3) is 0.280. The van der Waals surface area contributed by atoms with Crippen LogP contribution in [-0.4, -0.2) is 41.0 Å². The summed E-state index contributed by atoms with van der Waals surface area (Å²) >= 11 is 0. The number of hydrogen-bond donors (Lipinski definition) is 3. The van der Waals surface area contributed by atoms with Gasteiger partial charge in [0.1, 0.15) is 5.82 Å². The van der Waals surface area contributed by atoms with Crippen LogP contribution in [-0.2, 0) is 16.1 Å². The Hall–Kier alpha value is -4.34. The molecule has 1 fully saturated rings. The molecule has 182 valence electrons. The highest BCUT2D eigenvalue weighted by Crippen LogP contribution is 2.29. The van der Waals surface area contributed by atoms with Crippen molar-refractivity contribution >= 4 is 34.7 Å². The lowest BCUT2D eigenvalue weighted by Gasteiger charge is -2.24. The van der Waals surface area contributed by atoms with E-state index in [0.29, 0.717) is 24.3 Å². The summed E-state index contributed by atoms with van der Waals surface area (Å²) in [5.41, 5.74) is 6.99. The maximum absolute atomic E-state index is 13.2. The van der Waals surface area contributed by atoms with Gasteiger partial charge in [-0.25, -0.2) is 4.79 Å². The maximum Gasteiger partial charge on any atom is 0.330 e. The van der Waals surface area contributed by atoms with Crippen LogP contribution in [0.15, 0.2) is 64.2 Å². The van der Waals surface area contributed by atoms with Gasteiger partial charge < -0.3 is 20.9 Å². The van der Waals surface area contributed by atoms with E-state index in [-0.39, 0.29) is 37.0 Å². The molecule has 0 spiro atoms. The highest BCUT2D eigenvalue weighted by Gasteiger charge is 2.25. The molecule has 1 aliphatic heterocycles. The number of rotatable bonds is 8. The Morgan fingerprint density at radius 1 is 1.09 bits per heavy atom. The molecule has 3 aromatic rings. The Morgan fingerprint density at radius 3 is 2.49 bits per heavy atom. The molecule has 10 nitrogen and oxygen atoms in total. The summed E-state index contributed by atoms with van der Waals surface area (Å²) in [6.45, 7) is 2.53. The van der Waals surface area contributed by atoms with E-state index in [2.05, 4.69) is 10.3 Å². The van der Waals surface area contributed by atoms with Crippen LogP contribution in [0.1, 0.15) is 25.3 Å². The largest absolute Gasteiger partial charge is 0.383 e. The molecule has 2 heterocycles. The smallest absolute Gasteiger partial charge is 0.330 e. The summed E-state index contributed by atoms with van der Waals surface area (Å²) < 4.78 is 1.24. The van der Waals surface area contributed by atoms with Crippen molar-refractivity contribution in [2.24, 2.45) is 0 Å². The molecular formula is C25H28N6O4. The zero-order valence-electron chi connectivity index (χ0n) is 19.5. The molecule has 0 aliphatic carbocycles. The van der Waals surface area contributed by atoms with E-state index in [1.54, 1.807) is 17.9 Å². The number of nitrogens with zero attached hydrogens (tertiary/aromatic N) is 3. The van der Waals surface area contributed by atoms with Crippen molar-refractivity contribution < 1.29 is 9.59 Å². The number of benzene rings is 2. The minimum Gasteiger partial charge on any atom is -0.383 e. The number of aromatic amines is 1. The van der Waals surface area contributed by atoms with Gasteiger partial charge in [-0.15, -0.1) is 0 Å². The van der Waals surface area contributed by atoms with Crippen LogP contribution in [0.2, 0.25) is 0 Å². The van der Waals surface area contributed by atoms with E-state index in [4.69, 9.17) is 5.73 Å². The van der Waals surface area contributed by atoms with Gasteiger partial charge in [-0.1, -0.05) is 42.5 Å². The van der Waals surface area contributed by atoms with Crippen LogP contribution in [0.3, 0.4) is 0 Å². The molecule has 1 aliphatic rings. The molecule has 0 atom stereocenters. The molecule has 35 heavy (non-hydrogen) atoms. The minimum absolute atomic E-state index is 0.0424. The van der Waals surface area contributed by atoms with Gasteiger partial charge in [0.25, 0.3) is 5.56 Å². The van der Waals surface area contributed by atoms with E-state index in [0.717, 1.165) is 12.0 Å². The summed E-state index contributed by atoms with van der Waals surface area (Å²) in [5.74, 6) is -0.446. The molecule has 0 bridgehead atoms. The molecule has 1 saturated heterocycles. The molecule has 4 N–H and O–H groups in total. The number of anilines is 4. The van der Waals surface area contributed by atoms with E-state index in [1.807, 2.05) is 48.5 Å². The van der Waals surface area contributed by atoms with Crippen molar-refractivity contribution in [1.82, 2.24) is 9.55 Å². The predicted molar refractivity (Wildman–Crippen MR) is 136 cm³/mol. The lowest BCUT2D eigenvalue weighted by molar-refractivity contribution is -0.117. The van der Waals surface area contributed by atoms with Gasteiger partial charge in [0, 0.05) is 19.5 Å². The first-order chi connectivity index (χ1) is 16.9.